The van der Waals surface area contributed by atoms with Gasteiger partial charge < -0.3 is 10.4 Å². The van der Waals surface area contributed by atoms with Gasteiger partial charge in [0.15, 0.2) is 0 Å². The predicted molar refractivity (Wildman–Crippen MR) is 85.8 cm³/mol. The number of hydrogen-bond acceptors (Lipinski definition) is 2. The Morgan fingerprint density at radius 2 is 1.55 bits per heavy atom. The molecule has 2 aliphatic carbocycles. The Hall–Kier alpha value is -0.0800. The topological polar surface area (TPSA) is 32.3 Å². The van der Waals surface area contributed by atoms with Crippen LogP contribution in [0.2, 0.25) is 0 Å². The van der Waals surface area contributed by atoms with E-state index in [0.717, 1.165) is 30.7 Å². The van der Waals surface area contributed by atoms with Gasteiger partial charge in [0.25, 0.3) is 0 Å². The van der Waals surface area contributed by atoms with E-state index in [9.17, 15) is 5.11 Å². The average Bonchev–Trinajstić information content (AvgIpc) is 2.47. The summed E-state index contributed by atoms with van der Waals surface area (Å²) in [6, 6.07) is 0.755. The minimum atomic E-state index is -0.0158. The van der Waals surface area contributed by atoms with Gasteiger partial charge in [-0.2, -0.15) is 0 Å². The highest BCUT2D eigenvalue weighted by Gasteiger charge is 2.31. The van der Waals surface area contributed by atoms with Crippen LogP contribution in [-0.4, -0.2) is 23.8 Å². The van der Waals surface area contributed by atoms with E-state index in [1.165, 1.54) is 51.5 Å². The van der Waals surface area contributed by atoms with Crippen LogP contribution in [0.5, 0.6) is 0 Å². The average molecular weight is 281 g/mol. The molecule has 2 N–H and O–H groups in total. The zero-order chi connectivity index (χ0) is 14.6. The first-order valence-corrected chi connectivity index (χ1v) is 8.92. The highest BCUT2D eigenvalue weighted by Crippen LogP contribution is 2.40. The van der Waals surface area contributed by atoms with Crippen molar-refractivity contribution in [3.8, 4) is 0 Å². The van der Waals surface area contributed by atoms with Gasteiger partial charge in [-0.15, -0.1) is 0 Å². The summed E-state index contributed by atoms with van der Waals surface area (Å²) in [5.74, 6) is 1.73. The molecule has 2 heteroatoms. The van der Waals surface area contributed by atoms with E-state index in [-0.39, 0.29) is 6.10 Å². The molecule has 0 aliphatic heterocycles. The van der Waals surface area contributed by atoms with E-state index in [2.05, 4.69) is 26.1 Å². The molecule has 0 atom stereocenters. The summed E-state index contributed by atoms with van der Waals surface area (Å²) in [6.07, 6.45) is 11.3. The molecule has 0 aromatic rings. The van der Waals surface area contributed by atoms with Gasteiger partial charge in [-0.3, -0.25) is 0 Å². The van der Waals surface area contributed by atoms with Crippen LogP contribution in [0.1, 0.15) is 78.6 Å². The zero-order valence-corrected chi connectivity index (χ0v) is 13.8. The van der Waals surface area contributed by atoms with Crippen LogP contribution in [0.15, 0.2) is 0 Å². The number of aliphatic hydroxyl groups is 1. The number of nitrogens with one attached hydrogen (secondary N) is 1. The van der Waals surface area contributed by atoms with E-state index in [1.54, 1.807) is 0 Å². The Kier molecular flexibility index (Phi) is 5.92. The third-order valence-corrected chi connectivity index (χ3v) is 6.26. The lowest BCUT2D eigenvalue weighted by Crippen LogP contribution is -2.39. The molecule has 0 unspecified atom stereocenters. The Bertz CT molecular complexity index is 273. The van der Waals surface area contributed by atoms with Crippen molar-refractivity contribution >= 4 is 0 Å². The molecule has 0 radical (unpaired) electrons. The van der Waals surface area contributed by atoms with Gasteiger partial charge in [0.2, 0.25) is 0 Å². The third kappa shape index (κ3) is 4.46. The Morgan fingerprint density at radius 3 is 2.10 bits per heavy atom. The highest BCUT2D eigenvalue weighted by molar-refractivity contribution is 4.85. The van der Waals surface area contributed by atoms with Gasteiger partial charge >= 0.3 is 0 Å². The monoisotopic (exact) mass is 281 g/mol. The minimum Gasteiger partial charge on any atom is -0.393 e. The van der Waals surface area contributed by atoms with E-state index in [0.29, 0.717) is 5.41 Å². The Morgan fingerprint density at radius 1 is 0.950 bits per heavy atom. The lowest BCUT2D eigenvalue weighted by atomic mass is 9.69. The van der Waals surface area contributed by atoms with Crippen LogP contribution in [0, 0.1) is 17.3 Å². The zero-order valence-electron chi connectivity index (χ0n) is 13.8. The van der Waals surface area contributed by atoms with Crippen LogP contribution in [0.4, 0.5) is 0 Å². The summed E-state index contributed by atoms with van der Waals surface area (Å²) >= 11 is 0. The second-order valence-corrected chi connectivity index (χ2v) is 7.97. The fourth-order valence-electron chi connectivity index (χ4n) is 4.05. The Labute approximate surface area is 125 Å². The van der Waals surface area contributed by atoms with Crippen molar-refractivity contribution in [2.45, 2.75) is 90.7 Å². The van der Waals surface area contributed by atoms with Crippen LogP contribution in [-0.2, 0) is 0 Å². The summed E-state index contributed by atoms with van der Waals surface area (Å²) in [7, 11) is 0. The standard InChI is InChI=1S/C18H35NO/c1-4-18(2,3)15-7-9-16(10-8-15)19-13-14-5-11-17(20)12-6-14/h14-17,19-20H,4-13H2,1-3H3. The fourth-order valence-corrected chi connectivity index (χ4v) is 4.05. The van der Waals surface area contributed by atoms with Gasteiger partial charge in [0, 0.05) is 6.04 Å². The maximum Gasteiger partial charge on any atom is 0.0540 e. The summed E-state index contributed by atoms with van der Waals surface area (Å²) in [4.78, 5) is 0. The summed E-state index contributed by atoms with van der Waals surface area (Å²) in [5, 5.41) is 13.4. The molecule has 2 fully saturated rings. The largest absolute Gasteiger partial charge is 0.393 e. The molecule has 2 rings (SSSR count). The normalized spacial score (nSPS) is 36.0. The lowest BCUT2D eigenvalue weighted by molar-refractivity contribution is 0.104. The molecule has 0 spiro atoms. The first-order chi connectivity index (χ1) is 9.51. The van der Waals surface area contributed by atoms with Gasteiger partial charge in [-0.25, -0.2) is 0 Å². The van der Waals surface area contributed by atoms with Gasteiger partial charge in [0.1, 0.15) is 0 Å². The number of hydrogen-bond donors (Lipinski definition) is 2. The van der Waals surface area contributed by atoms with E-state index >= 15 is 0 Å². The highest BCUT2D eigenvalue weighted by atomic mass is 16.3. The third-order valence-electron chi connectivity index (χ3n) is 6.26. The fraction of sp³-hybridized carbons (Fsp3) is 1.00. The summed E-state index contributed by atoms with van der Waals surface area (Å²) < 4.78 is 0. The maximum absolute atomic E-state index is 9.55. The first kappa shape index (κ1) is 16.3. The van der Waals surface area contributed by atoms with Crippen molar-refractivity contribution in [3.63, 3.8) is 0 Å². The molecule has 0 aromatic heterocycles. The molecule has 2 nitrogen and oxygen atoms in total. The van der Waals surface area contributed by atoms with E-state index < -0.39 is 0 Å². The number of rotatable bonds is 5. The first-order valence-electron chi connectivity index (χ1n) is 8.92. The molecular formula is C18H35NO. The maximum atomic E-state index is 9.55. The van der Waals surface area contributed by atoms with Crippen LogP contribution < -0.4 is 5.32 Å². The predicted octanol–water partition coefficient (Wildman–Crippen LogP) is 4.12. The van der Waals surface area contributed by atoms with Crippen molar-refractivity contribution in [2.75, 3.05) is 6.54 Å². The molecule has 0 heterocycles. The second kappa shape index (κ2) is 7.26. The summed E-state index contributed by atoms with van der Waals surface area (Å²) in [6.45, 7) is 8.40. The van der Waals surface area contributed by atoms with E-state index in [1.807, 2.05) is 0 Å². The lowest BCUT2D eigenvalue weighted by Gasteiger charge is -2.39. The van der Waals surface area contributed by atoms with Crippen molar-refractivity contribution in [3.05, 3.63) is 0 Å². The van der Waals surface area contributed by atoms with Crippen molar-refractivity contribution in [1.29, 1.82) is 0 Å². The molecule has 2 saturated carbocycles. The van der Waals surface area contributed by atoms with Crippen LogP contribution in [0.3, 0.4) is 0 Å². The minimum absolute atomic E-state index is 0.0158. The quantitative estimate of drug-likeness (QED) is 0.794. The summed E-state index contributed by atoms with van der Waals surface area (Å²) in [5.41, 5.74) is 0.532. The van der Waals surface area contributed by atoms with Gasteiger partial charge in [0.05, 0.1) is 6.10 Å². The molecule has 0 amide bonds. The molecule has 0 bridgehead atoms. The van der Waals surface area contributed by atoms with Crippen molar-refractivity contribution < 1.29 is 5.11 Å². The van der Waals surface area contributed by atoms with Gasteiger partial charge in [-0.05, 0) is 75.2 Å². The Balaban J connectivity index is 1.65. The second-order valence-electron chi connectivity index (χ2n) is 7.97. The van der Waals surface area contributed by atoms with Crippen molar-refractivity contribution in [1.82, 2.24) is 5.32 Å². The molecule has 0 saturated heterocycles. The molecule has 0 aromatic carbocycles. The number of aliphatic hydroxyl groups excluding tert-OH is 1. The molecule has 20 heavy (non-hydrogen) atoms. The van der Waals surface area contributed by atoms with Crippen LogP contribution >= 0.6 is 0 Å². The van der Waals surface area contributed by atoms with Crippen LogP contribution in [0.25, 0.3) is 0 Å². The van der Waals surface area contributed by atoms with Gasteiger partial charge in [-0.1, -0.05) is 27.2 Å². The van der Waals surface area contributed by atoms with E-state index in [4.69, 9.17) is 0 Å². The molecular weight excluding hydrogens is 246 g/mol. The SMILES string of the molecule is CCC(C)(C)C1CCC(NCC2CCC(O)CC2)CC1. The smallest absolute Gasteiger partial charge is 0.0540 e. The molecule has 2 aliphatic rings. The molecule has 118 valence electrons. The van der Waals surface area contributed by atoms with Crippen molar-refractivity contribution in [2.24, 2.45) is 17.3 Å².